The molecule has 0 amide bonds. The number of hydrogen-bond acceptors (Lipinski definition) is 5. The van der Waals surface area contributed by atoms with Gasteiger partial charge in [-0.25, -0.2) is 9.59 Å². The first-order chi connectivity index (χ1) is 12.0. The molecule has 5 heteroatoms. The van der Waals surface area contributed by atoms with Gasteiger partial charge in [0.15, 0.2) is 5.75 Å². The molecule has 25 heavy (non-hydrogen) atoms. The highest BCUT2D eigenvalue weighted by molar-refractivity contribution is 6.02. The van der Waals surface area contributed by atoms with E-state index in [0.29, 0.717) is 41.0 Å². The molecule has 2 aromatic rings. The molecular weight excluding hydrogens is 318 g/mol. The highest BCUT2D eigenvalue weighted by Crippen LogP contribution is 2.42. The normalized spacial score (nSPS) is 10.2. The largest absolute Gasteiger partial charge is 0.423 e. The van der Waals surface area contributed by atoms with Crippen LogP contribution in [0, 0.1) is 0 Å². The Labute approximate surface area is 147 Å². The van der Waals surface area contributed by atoms with Gasteiger partial charge in [-0.3, -0.25) is 0 Å². The van der Waals surface area contributed by atoms with Gasteiger partial charge in [-0.15, -0.1) is 0 Å². The summed E-state index contributed by atoms with van der Waals surface area (Å²) in [6.45, 7) is 12.3. The minimum absolute atomic E-state index is 0.390. The van der Waals surface area contributed by atoms with Crippen LogP contribution in [-0.2, 0) is 9.59 Å². The SMILES string of the molecule is C=CC(=O)Oc1cc(N(CC)CC)c(OC(=O)C=C)c2ccccc12. The molecule has 5 nitrogen and oxygen atoms in total. The maximum absolute atomic E-state index is 11.8. The van der Waals surface area contributed by atoms with E-state index in [-0.39, 0.29) is 0 Å². The average Bonchev–Trinajstić information content (AvgIpc) is 2.64. The molecule has 0 aromatic heterocycles. The predicted octanol–water partition coefficient (Wildman–Crippen LogP) is 3.87. The second-order valence-corrected chi connectivity index (χ2v) is 5.19. The van der Waals surface area contributed by atoms with Crippen LogP contribution >= 0.6 is 0 Å². The number of anilines is 1. The van der Waals surface area contributed by atoms with E-state index < -0.39 is 11.9 Å². The fourth-order valence-electron chi connectivity index (χ4n) is 2.58. The molecule has 0 N–H and O–H groups in total. The van der Waals surface area contributed by atoms with E-state index in [4.69, 9.17) is 9.47 Å². The number of carbonyl (C=O) groups is 2. The Kier molecular flexibility index (Phi) is 5.95. The predicted molar refractivity (Wildman–Crippen MR) is 99.2 cm³/mol. The first kappa shape index (κ1) is 18.3. The van der Waals surface area contributed by atoms with Crippen molar-refractivity contribution >= 4 is 28.4 Å². The van der Waals surface area contributed by atoms with Crippen molar-refractivity contribution in [3.05, 3.63) is 55.6 Å². The lowest BCUT2D eigenvalue weighted by atomic mass is 10.1. The summed E-state index contributed by atoms with van der Waals surface area (Å²) in [7, 11) is 0. The summed E-state index contributed by atoms with van der Waals surface area (Å²) in [6.07, 6.45) is 2.23. The van der Waals surface area contributed by atoms with Crippen LogP contribution in [0.1, 0.15) is 13.8 Å². The molecule has 0 aliphatic rings. The molecule has 0 aliphatic carbocycles. The average molecular weight is 339 g/mol. The summed E-state index contributed by atoms with van der Waals surface area (Å²) in [5.41, 5.74) is 0.672. The van der Waals surface area contributed by atoms with Crippen molar-refractivity contribution in [1.82, 2.24) is 0 Å². The maximum Gasteiger partial charge on any atom is 0.335 e. The van der Waals surface area contributed by atoms with Gasteiger partial charge in [0.1, 0.15) is 5.75 Å². The minimum Gasteiger partial charge on any atom is -0.423 e. The number of carbonyl (C=O) groups excluding carboxylic acids is 2. The van der Waals surface area contributed by atoms with Crippen molar-refractivity contribution in [3.8, 4) is 11.5 Å². The number of rotatable bonds is 7. The fourth-order valence-corrected chi connectivity index (χ4v) is 2.58. The quantitative estimate of drug-likeness (QED) is 0.435. The van der Waals surface area contributed by atoms with Crippen LogP contribution in [0.15, 0.2) is 55.6 Å². The van der Waals surface area contributed by atoms with Crippen molar-refractivity contribution < 1.29 is 19.1 Å². The van der Waals surface area contributed by atoms with Gasteiger partial charge in [0.05, 0.1) is 5.69 Å². The van der Waals surface area contributed by atoms with Gasteiger partial charge < -0.3 is 14.4 Å². The van der Waals surface area contributed by atoms with Crippen molar-refractivity contribution in [2.45, 2.75) is 13.8 Å². The molecule has 0 aliphatic heterocycles. The van der Waals surface area contributed by atoms with Crippen LogP contribution in [0.3, 0.4) is 0 Å². The van der Waals surface area contributed by atoms with Crippen molar-refractivity contribution in [2.24, 2.45) is 0 Å². The van der Waals surface area contributed by atoms with Crippen LogP contribution in [0.2, 0.25) is 0 Å². The van der Waals surface area contributed by atoms with Crippen LogP contribution in [-0.4, -0.2) is 25.0 Å². The Morgan fingerprint density at radius 3 is 2.12 bits per heavy atom. The highest BCUT2D eigenvalue weighted by Gasteiger charge is 2.20. The number of benzene rings is 2. The molecule has 0 atom stereocenters. The van der Waals surface area contributed by atoms with Crippen molar-refractivity contribution in [2.75, 3.05) is 18.0 Å². The molecular formula is C20H21NO4. The van der Waals surface area contributed by atoms with Crippen LogP contribution < -0.4 is 14.4 Å². The first-order valence-electron chi connectivity index (χ1n) is 8.04. The molecule has 2 rings (SSSR count). The summed E-state index contributed by atoms with van der Waals surface area (Å²) < 4.78 is 10.9. The summed E-state index contributed by atoms with van der Waals surface area (Å²) >= 11 is 0. The third-order valence-electron chi connectivity index (χ3n) is 3.79. The Bertz CT molecular complexity index is 822. The van der Waals surface area contributed by atoms with E-state index in [1.54, 1.807) is 12.1 Å². The van der Waals surface area contributed by atoms with Gasteiger partial charge in [-0.2, -0.15) is 0 Å². The molecule has 130 valence electrons. The third-order valence-corrected chi connectivity index (χ3v) is 3.79. The van der Waals surface area contributed by atoms with E-state index in [1.807, 2.05) is 36.9 Å². The summed E-state index contributed by atoms with van der Waals surface area (Å²) in [5.74, 6) is -0.288. The zero-order valence-electron chi connectivity index (χ0n) is 14.5. The van der Waals surface area contributed by atoms with Gasteiger partial charge in [0.2, 0.25) is 0 Å². The first-order valence-corrected chi connectivity index (χ1v) is 8.04. The number of esters is 2. The van der Waals surface area contributed by atoms with Gasteiger partial charge in [0, 0.05) is 42.1 Å². The van der Waals surface area contributed by atoms with Crippen molar-refractivity contribution in [3.63, 3.8) is 0 Å². The molecule has 0 spiro atoms. The van der Waals surface area contributed by atoms with Crippen LogP contribution in [0.4, 0.5) is 5.69 Å². The zero-order valence-corrected chi connectivity index (χ0v) is 14.5. The number of hydrogen-bond donors (Lipinski definition) is 0. The lowest BCUT2D eigenvalue weighted by Gasteiger charge is -2.25. The molecule has 2 aromatic carbocycles. The van der Waals surface area contributed by atoms with E-state index >= 15 is 0 Å². The topological polar surface area (TPSA) is 55.8 Å². The van der Waals surface area contributed by atoms with Crippen LogP contribution in [0.5, 0.6) is 11.5 Å². The van der Waals surface area contributed by atoms with Gasteiger partial charge in [-0.1, -0.05) is 37.4 Å². The smallest absolute Gasteiger partial charge is 0.335 e. The molecule has 0 bridgehead atoms. The van der Waals surface area contributed by atoms with E-state index in [0.717, 1.165) is 12.2 Å². The number of fused-ring (bicyclic) bond motifs is 1. The summed E-state index contributed by atoms with van der Waals surface area (Å²) in [6, 6.07) is 8.99. The standard InChI is InChI=1S/C20H21NO4/c1-5-18(22)24-17-13-16(21(7-3)8-4)20(25-19(23)6-2)15-12-10-9-11-14(15)17/h5-6,9-13H,1-2,7-8H2,3-4H3. The number of nitrogens with zero attached hydrogens (tertiary/aromatic N) is 1. The second kappa shape index (κ2) is 8.15. The van der Waals surface area contributed by atoms with Gasteiger partial charge in [0.25, 0.3) is 0 Å². The van der Waals surface area contributed by atoms with E-state index in [2.05, 4.69) is 13.2 Å². The lowest BCUT2D eigenvalue weighted by Crippen LogP contribution is -2.23. The molecule has 0 fully saturated rings. The van der Waals surface area contributed by atoms with Gasteiger partial charge in [-0.05, 0) is 13.8 Å². The Balaban J connectivity index is 2.77. The van der Waals surface area contributed by atoms with Gasteiger partial charge >= 0.3 is 11.9 Å². The van der Waals surface area contributed by atoms with Crippen molar-refractivity contribution in [1.29, 1.82) is 0 Å². The summed E-state index contributed by atoms with van der Waals surface area (Å²) in [5, 5.41) is 1.34. The summed E-state index contributed by atoms with van der Waals surface area (Å²) in [4.78, 5) is 25.5. The Morgan fingerprint density at radius 2 is 1.56 bits per heavy atom. The zero-order chi connectivity index (χ0) is 18.4. The maximum atomic E-state index is 11.8. The molecule has 0 heterocycles. The molecule has 0 radical (unpaired) electrons. The Morgan fingerprint density at radius 1 is 1.00 bits per heavy atom. The fraction of sp³-hybridized carbons (Fsp3) is 0.200. The monoisotopic (exact) mass is 339 g/mol. The molecule has 0 unspecified atom stereocenters. The van der Waals surface area contributed by atoms with Crippen LogP contribution in [0.25, 0.3) is 10.8 Å². The minimum atomic E-state index is -0.550. The third kappa shape index (κ3) is 3.88. The Hall–Kier alpha value is -3.08. The van der Waals surface area contributed by atoms with E-state index in [1.165, 1.54) is 0 Å². The highest BCUT2D eigenvalue weighted by atomic mass is 16.5. The molecule has 0 saturated carbocycles. The number of ether oxygens (including phenoxy) is 2. The van der Waals surface area contributed by atoms with E-state index in [9.17, 15) is 9.59 Å². The molecule has 0 saturated heterocycles. The second-order valence-electron chi connectivity index (χ2n) is 5.19. The lowest BCUT2D eigenvalue weighted by molar-refractivity contribution is -0.129.